The Balaban J connectivity index is 0. The van der Waals surface area contributed by atoms with E-state index in [9.17, 15) is 5.21 Å². The standard InChI is InChI=1S/C12H26.C2H7NO/c1-3-5-7-9-11-12-10-8-6-4-2;1-3(2)4/h3-12H2,1-2H3;3H,1-2H3. The fraction of sp³-hybridized carbons (Fsp3) is 1.00. The third-order valence-corrected chi connectivity index (χ3v) is 2.46. The van der Waals surface area contributed by atoms with Crippen LogP contribution in [-0.4, -0.2) is 14.1 Å². The molecule has 0 aromatic rings. The highest BCUT2D eigenvalue weighted by molar-refractivity contribution is 4.45. The summed E-state index contributed by atoms with van der Waals surface area (Å²) in [6.45, 7) is 4.56. The van der Waals surface area contributed by atoms with Crippen molar-refractivity contribution in [3.05, 3.63) is 5.21 Å². The summed E-state index contributed by atoms with van der Waals surface area (Å²) in [7, 11) is 3.06. The molecule has 100 valence electrons. The van der Waals surface area contributed by atoms with Crippen LogP contribution in [0.5, 0.6) is 0 Å². The third-order valence-electron chi connectivity index (χ3n) is 2.46. The summed E-state index contributed by atoms with van der Waals surface area (Å²) in [5, 5.41) is 9.61. The lowest BCUT2D eigenvalue weighted by Crippen LogP contribution is -3.00. The minimum absolute atomic E-state index is 0.167. The predicted molar refractivity (Wildman–Crippen MR) is 73.7 cm³/mol. The molecule has 0 amide bonds. The first kappa shape index (κ1) is 18.3. The highest BCUT2D eigenvalue weighted by Crippen LogP contribution is 2.09. The Morgan fingerprint density at radius 2 is 0.812 bits per heavy atom. The Labute approximate surface area is 103 Å². The zero-order chi connectivity index (χ0) is 12.6. The molecule has 0 fully saturated rings. The molecule has 0 atom stereocenters. The zero-order valence-corrected chi connectivity index (χ0v) is 12.0. The van der Waals surface area contributed by atoms with Crippen molar-refractivity contribution in [2.45, 2.75) is 78.1 Å². The van der Waals surface area contributed by atoms with Gasteiger partial charge in [-0.15, -0.1) is 0 Å². The van der Waals surface area contributed by atoms with Gasteiger partial charge in [0.1, 0.15) is 0 Å². The molecular formula is C14H33NO. The summed E-state index contributed by atoms with van der Waals surface area (Å²) in [4.78, 5) is 0. The van der Waals surface area contributed by atoms with E-state index in [-0.39, 0.29) is 5.06 Å². The summed E-state index contributed by atoms with van der Waals surface area (Å²) in [5.41, 5.74) is 0. The highest BCUT2D eigenvalue weighted by atomic mass is 16.5. The van der Waals surface area contributed by atoms with E-state index < -0.39 is 0 Å². The van der Waals surface area contributed by atoms with Gasteiger partial charge in [-0.05, 0) is 0 Å². The quantitative estimate of drug-likeness (QED) is 0.477. The van der Waals surface area contributed by atoms with Gasteiger partial charge in [-0.3, -0.25) is 0 Å². The minimum atomic E-state index is 0.167. The molecule has 0 unspecified atom stereocenters. The molecule has 0 bridgehead atoms. The van der Waals surface area contributed by atoms with Gasteiger partial charge in [0.15, 0.2) is 0 Å². The molecule has 0 saturated carbocycles. The molecule has 16 heavy (non-hydrogen) atoms. The fourth-order valence-electron chi connectivity index (χ4n) is 1.56. The maximum absolute atomic E-state index is 9.44. The van der Waals surface area contributed by atoms with Gasteiger partial charge in [-0.25, -0.2) is 0 Å². The molecule has 0 aliphatic heterocycles. The van der Waals surface area contributed by atoms with Crippen molar-refractivity contribution in [2.24, 2.45) is 0 Å². The van der Waals surface area contributed by atoms with Crippen LogP contribution in [0, 0.1) is 5.21 Å². The van der Waals surface area contributed by atoms with Gasteiger partial charge in [0, 0.05) is 0 Å². The molecule has 0 rings (SSSR count). The molecule has 0 saturated heterocycles. The van der Waals surface area contributed by atoms with Gasteiger partial charge < -0.3 is 10.3 Å². The van der Waals surface area contributed by atoms with Crippen molar-refractivity contribution in [3.8, 4) is 0 Å². The van der Waals surface area contributed by atoms with Crippen LogP contribution in [0.2, 0.25) is 0 Å². The second-order valence-corrected chi connectivity index (χ2v) is 4.74. The minimum Gasteiger partial charge on any atom is -0.635 e. The Kier molecular flexibility index (Phi) is 19.8. The molecule has 0 aliphatic rings. The smallest absolute Gasteiger partial charge is 0.0660 e. The topological polar surface area (TPSA) is 27.5 Å². The number of nitrogens with one attached hydrogen (secondary N) is 1. The molecule has 2 nitrogen and oxygen atoms in total. The van der Waals surface area contributed by atoms with E-state index in [1.807, 2.05) is 0 Å². The summed E-state index contributed by atoms with van der Waals surface area (Å²) in [6, 6.07) is 0. The van der Waals surface area contributed by atoms with Gasteiger partial charge in [-0.2, -0.15) is 0 Å². The average Bonchev–Trinajstić information content (AvgIpc) is 2.21. The Bertz CT molecular complexity index is 92.2. The van der Waals surface area contributed by atoms with Crippen LogP contribution in [0.4, 0.5) is 0 Å². The van der Waals surface area contributed by atoms with Crippen LogP contribution >= 0.6 is 0 Å². The first-order valence-corrected chi connectivity index (χ1v) is 7.12. The number of rotatable bonds is 9. The largest absolute Gasteiger partial charge is 0.635 e. The van der Waals surface area contributed by atoms with Gasteiger partial charge >= 0.3 is 0 Å². The van der Waals surface area contributed by atoms with Gasteiger partial charge in [0.2, 0.25) is 0 Å². The van der Waals surface area contributed by atoms with Crippen molar-refractivity contribution < 1.29 is 5.06 Å². The number of quaternary nitrogens is 1. The first-order valence-electron chi connectivity index (χ1n) is 7.12. The van der Waals surface area contributed by atoms with E-state index in [0.29, 0.717) is 0 Å². The molecule has 1 N–H and O–H groups in total. The Hall–Kier alpha value is -0.0800. The van der Waals surface area contributed by atoms with E-state index in [2.05, 4.69) is 13.8 Å². The molecule has 0 heterocycles. The normalized spacial score (nSPS) is 10.1. The average molecular weight is 231 g/mol. The molecular weight excluding hydrogens is 198 g/mol. The number of hydrogen-bond donors (Lipinski definition) is 1. The molecule has 0 spiro atoms. The van der Waals surface area contributed by atoms with Gasteiger partial charge in [0.05, 0.1) is 14.1 Å². The van der Waals surface area contributed by atoms with Crippen molar-refractivity contribution in [2.75, 3.05) is 14.1 Å². The Morgan fingerprint density at radius 3 is 1.00 bits per heavy atom. The van der Waals surface area contributed by atoms with E-state index in [0.717, 1.165) is 0 Å². The van der Waals surface area contributed by atoms with Crippen LogP contribution in [0.25, 0.3) is 0 Å². The molecule has 0 aromatic carbocycles. The SMILES string of the molecule is CCCCCCCCCCCC.C[NH+](C)[O-]. The third kappa shape index (κ3) is 29.2. The van der Waals surface area contributed by atoms with Crippen LogP contribution in [-0.2, 0) is 0 Å². The lowest BCUT2D eigenvalue weighted by Gasteiger charge is -2.04. The summed E-state index contributed by atoms with van der Waals surface area (Å²) >= 11 is 0. The van der Waals surface area contributed by atoms with E-state index in [1.54, 1.807) is 0 Å². The van der Waals surface area contributed by atoms with Crippen LogP contribution in [0.1, 0.15) is 78.1 Å². The molecule has 0 aliphatic carbocycles. The van der Waals surface area contributed by atoms with Crippen LogP contribution in [0.15, 0.2) is 0 Å². The van der Waals surface area contributed by atoms with Crippen LogP contribution in [0.3, 0.4) is 0 Å². The van der Waals surface area contributed by atoms with Gasteiger partial charge in [-0.1, -0.05) is 78.1 Å². The van der Waals surface area contributed by atoms with Crippen LogP contribution < -0.4 is 5.06 Å². The maximum atomic E-state index is 9.44. The second kappa shape index (κ2) is 17.3. The highest BCUT2D eigenvalue weighted by Gasteiger charge is 1.90. The van der Waals surface area contributed by atoms with E-state index >= 15 is 0 Å². The zero-order valence-electron chi connectivity index (χ0n) is 12.0. The lowest BCUT2D eigenvalue weighted by molar-refractivity contribution is -0.802. The second-order valence-electron chi connectivity index (χ2n) is 4.74. The lowest BCUT2D eigenvalue weighted by atomic mass is 10.1. The fourth-order valence-corrected chi connectivity index (χ4v) is 1.56. The van der Waals surface area contributed by atoms with Crippen molar-refractivity contribution in [1.82, 2.24) is 0 Å². The summed E-state index contributed by atoms with van der Waals surface area (Å²) in [6.07, 6.45) is 14.4. The summed E-state index contributed by atoms with van der Waals surface area (Å²) in [5.74, 6) is 0. The Morgan fingerprint density at radius 1 is 0.625 bits per heavy atom. The molecule has 2 heteroatoms. The van der Waals surface area contributed by atoms with Crippen molar-refractivity contribution >= 4 is 0 Å². The summed E-state index contributed by atoms with van der Waals surface area (Å²) < 4.78 is 0. The number of unbranched alkanes of at least 4 members (excludes halogenated alkanes) is 9. The monoisotopic (exact) mass is 231 g/mol. The van der Waals surface area contributed by atoms with E-state index in [1.165, 1.54) is 78.3 Å². The van der Waals surface area contributed by atoms with Gasteiger partial charge in [0.25, 0.3) is 0 Å². The number of hydrogen-bond acceptors (Lipinski definition) is 1. The maximum Gasteiger partial charge on any atom is 0.0660 e. The van der Waals surface area contributed by atoms with E-state index in [4.69, 9.17) is 0 Å². The first-order chi connectivity index (χ1) is 7.65. The van der Waals surface area contributed by atoms with Crippen molar-refractivity contribution in [1.29, 1.82) is 0 Å². The number of hydroxylamine groups is 2. The van der Waals surface area contributed by atoms with Crippen molar-refractivity contribution in [3.63, 3.8) is 0 Å². The predicted octanol–water partition coefficient (Wildman–Crippen LogP) is 3.56. The molecule has 0 radical (unpaired) electrons. The molecule has 0 aromatic heterocycles.